The predicted molar refractivity (Wildman–Crippen MR) is 56.1 cm³/mol. The molecule has 0 amide bonds. The Labute approximate surface area is 77.0 Å². The maximum absolute atomic E-state index is 5.41. The fourth-order valence-corrected chi connectivity index (χ4v) is 1.30. The summed E-state index contributed by atoms with van der Waals surface area (Å²) in [6, 6.07) is 0. The Morgan fingerprint density at radius 2 is 2.00 bits per heavy atom. The second-order valence-corrected chi connectivity index (χ2v) is 3.55. The normalized spacial score (nSPS) is 13.9. The van der Waals surface area contributed by atoms with Crippen LogP contribution in [0.3, 0.4) is 0 Å². The number of hydrogen-bond acceptors (Lipinski definition) is 1. The molecule has 1 heteroatoms. The molecule has 0 heterocycles. The molecule has 0 radical (unpaired) electrons. The van der Waals surface area contributed by atoms with Crippen molar-refractivity contribution in [2.75, 3.05) is 6.54 Å². The number of nitrogens with two attached hydrogens (primary N) is 1. The molecule has 0 aromatic rings. The van der Waals surface area contributed by atoms with Gasteiger partial charge < -0.3 is 5.73 Å². The molecule has 1 nitrogen and oxygen atoms in total. The average molecular weight is 169 g/mol. The van der Waals surface area contributed by atoms with E-state index in [2.05, 4.69) is 26.0 Å². The highest BCUT2D eigenvalue weighted by Gasteiger charge is 1.98. The number of allylic oxidation sites excluding steroid dienone is 2. The highest BCUT2D eigenvalue weighted by atomic mass is 14.5. The molecule has 0 rings (SSSR count). The van der Waals surface area contributed by atoms with Crippen LogP contribution >= 0.6 is 0 Å². The number of unbranched alkanes of at least 4 members (excludes halogenated alkanes) is 2. The van der Waals surface area contributed by atoms with Gasteiger partial charge in [0, 0.05) is 0 Å². The van der Waals surface area contributed by atoms with E-state index >= 15 is 0 Å². The second kappa shape index (κ2) is 8.79. The van der Waals surface area contributed by atoms with Crippen molar-refractivity contribution in [2.24, 2.45) is 11.7 Å². The highest BCUT2D eigenvalue weighted by Crippen LogP contribution is 2.12. The Kier molecular flexibility index (Phi) is 8.57. The molecule has 72 valence electrons. The van der Waals surface area contributed by atoms with Crippen molar-refractivity contribution >= 4 is 0 Å². The van der Waals surface area contributed by atoms with Crippen LogP contribution in [0.2, 0.25) is 0 Å². The van der Waals surface area contributed by atoms with E-state index in [1.54, 1.807) is 0 Å². The third-order valence-electron chi connectivity index (χ3n) is 2.18. The minimum atomic E-state index is 0.846. The van der Waals surface area contributed by atoms with Gasteiger partial charge in [-0.05, 0) is 32.2 Å². The number of rotatable bonds is 7. The molecule has 0 aromatic heterocycles. The molecule has 0 aromatic carbocycles. The summed E-state index contributed by atoms with van der Waals surface area (Å²) in [6.07, 6.45) is 10.8. The fourth-order valence-electron chi connectivity index (χ4n) is 1.30. The summed E-state index contributed by atoms with van der Waals surface area (Å²) in [5.74, 6) is 0.846. The molecule has 12 heavy (non-hydrogen) atoms. The average Bonchev–Trinajstić information content (AvgIpc) is 2.09. The topological polar surface area (TPSA) is 26.0 Å². The summed E-state index contributed by atoms with van der Waals surface area (Å²) in [6.45, 7) is 5.26. The highest BCUT2D eigenvalue weighted by molar-refractivity contribution is 4.78. The van der Waals surface area contributed by atoms with Gasteiger partial charge in [-0.15, -0.1) is 0 Å². The maximum atomic E-state index is 5.41. The largest absolute Gasteiger partial charge is 0.330 e. The smallest absolute Gasteiger partial charge is 0.00773 e. The standard InChI is InChI=1S/C11H23N/c1-3-4-8-11(2)9-6-5-7-10-12/h3-4,11H,5-10,12H2,1-2H3/b4-3-/t11-/m1/s1. The maximum Gasteiger partial charge on any atom is -0.00773 e. The third-order valence-corrected chi connectivity index (χ3v) is 2.18. The van der Waals surface area contributed by atoms with Crippen molar-refractivity contribution < 1.29 is 0 Å². The third kappa shape index (κ3) is 7.80. The predicted octanol–water partition coefficient (Wildman–Crippen LogP) is 3.11. The van der Waals surface area contributed by atoms with Crippen LogP contribution < -0.4 is 5.73 Å². The molecule has 0 saturated carbocycles. The zero-order valence-electron chi connectivity index (χ0n) is 8.55. The van der Waals surface area contributed by atoms with Crippen molar-refractivity contribution in [3.63, 3.8) is 0 Å². The first-order chi connectivity index (χ1) is 5.81. The van der Waals surface area contributed by atoms with Gasteiger partial charge in [-0.25, -0.2) is 0 Å². The fraction of sp³-hybridized carbons (Fsp3) is 0.818. The summed E-state index contributed by atoms with van der Waals surface area (Å²) in [4.78, 5) is 0. The Morgan fingerprint density at radius 3 is 2.58 bits per heavy atom. The first kappa shape index (κ1) is 11.7. The molecule has 0 fully saturated rings. The van der Waals surface area contributed by atoms with Crippen LogP contribution in [0.15, 0.2) is 12.2 Å². The lowest BCUT2D eigenvalue weighted by atomic mass is 10.00. The van der Waals surface area contributed by atoms with Crippen LogP contribution in [0.5, 0.6) is 0 Å². The van der Waals surface area contributed by atoms with E-state index in [0.717, 1.165) is 12.5 Å². The quantitative estimate of drug-likeness (QED) is 0.460. The molecule has 0 bridgehead atoms. The van der Waals surface area contributed by atoms with Crippen LogP contribution in [0.4, 0.5) is 0 Å². The molecule has 0 aliphatic heterocycles. The van der Waals surface area contributed by atoms with Gasteiger partial charge in [0.15, 0.2) is 0 Å². The van der Waals surface area contributed by atoms with Crippen LogP contribution in [-0.4, -0.2) is 6.54 Å². The summed E-state index contributed by atoms with van der Waals surface area (Å²) in [7, 11) is 0. The van der Waals surface area contributed by atoms with E-state index in [1.807, 2.05) is 0 Å². The Morgan fingerprint density at radius 1 is 1.25 bits per heavy atom. The van der Waals surface area contributed by atoms with Gasteiger partial charge in [0.25, 0.3) is 0 Å². The monoisotopic (exact) mass is 169 g/mol. The van der Waals surface area contributed by atoms with Gasteiger partial charge in [0.05, 0.1) is 0 Å². The minimum Gasteiger partial charge on any atom is -0.330 e. The molecular weight excluding hydrogens is 146 g/mol. The van der Waals surface area contributed by atoms with Crippen molar-refractivity contribution in [1.82, 2.24) is 0 Å². The lowest BCUT2D eigenvalue weighted by Gasteiger charge is -2.07. The van der Waals surface area contributed by atoms with Crippen molar-refractivity contribution in [2.45, 2.75) is 46.0 Å². The number of hydrogen-bond donors (Lipinski definition) is 1. The minimum absolute atomic E-state index is 0.846. The van der Waals surface area contributed by atoms with Gasteiger partial charge in [0.1, 0.15) is 0 Å². The van der Waals surface area contributed by atoms with E-state index in [1.165, 1.54) is 32.1 Å². The summed E-state index contributed by atoms with van der Waals surface area (Å²) in [5, 5.41) is 0. The summed E-state index contributed by atoms with van der Waals surface area (Å²) < 4.78 is 0. The molecule has 0 spiro atoms. The van der Waals surface area contributed by atoms with Gasteiger partial charge in [-0.3, -0.25) is 0 Å². The van der Waals surface area contributed by atoms with Crippen molar-refractivity contribution in [1.29, 1.82) is 0 Å². The molecule has 1 atom stereocenters. The van der Waals surface area contributed by atoms with E-state index in [-0.39, 0.29) is 0 Å². The Bertz CT molecular complexity index is 108. The van der Waals surface area contributed by atoms with Crippen LogP contribution in [0.25, 0.3) is 0 Å². The van der Waals surface area contributed by atoms with Crippen LogP contribution in [-0.2, 0) is 0 Å². The van der Waals surface area contributed by atoms with E-state index < -0.39 is 0 Å². The first-order valence-electron chi connectivity index (χ1n) is 5.12. The van der Waals surface area contributed by atoms with Gasteiger partial charge >= 0.3 is 0 Å². The molecule has 0 aliphatic rings. The van der Waals surface area contributed by atoms with Gasteiger partial charge in [-0.1, -0.05) is 38.3 Å². The molecule has 0 saturated heterocycles. The van der Waals surface area contributed by atoms with Gasteiger partial charge in [0.2, 0.25) is 0 Å². The molecule has 0 aliphatic carbocycles. The van der Waals surface area contributed by atoms with Crippen molar-refractivity contribution in [3.05, 3.63) is 12.2 Å². The Balaban J connectivity index is 3.13. The van der Waals surface area contributed by atoms with Crippen molar-refractivity contribution in [3.8, 4) is 0 Å². The van der Waals surface area contributed by atoms with Crippen LogP contribution in [0.1, 0.15) is 46.0 Å². The van der Waals surface area contributed by atoms with E-state index in [9.17, 15) is 0 Å². The molecule has 0 unspecified atom stereocenters. The lowest BCUT2D eigenvalue weighted by molar-refractivity contribution is 0.497. The zero-order chi connectivity index (χ0) is 9.23. The summed E-state index contributed by atoms with van der Waals surface area (Å²) >= 11 is 0. The first-order valence-corrected chi connectivity index (χ1v) is 5.12. The second-order valence-electron chi connectivity index (χ2n) is 3.55. The molecule has 2 N–H and O–H groups in total. The summed E-state index contributed by atoms with van der Waals surface area (Å²) in [5.41, 5.74) is 5.41. The van der Waals surface area contributed by atoms with Gasteiger partial charge in [-0.2, -0.15) is 0 Å². The molecular formula is C11H23N. The van der Waals surface area contributed by atoms with E-state index in [4.69, 9.17) is 5.73 Å². The van der Waals surface area contributed by atoms with E-state index in [0.29, 0.717) is 0 Å². The Hall–Kier alpha value is -0.300. The lowest BCUT2D eigenvalue weighted by Crippen LogP contribution is -1.99. The van der Waals surface area contributed by atoms with Crippen LogP contribution in [0, 0.1) is 5.92 Å². The zero-order valence-corrected chi connectivity index (χ0v) is 8.55. The SMILES string of the molecule is C/C=C\C[C@@H](C)CCCCCN.